The van der Waals surface area contributed by atoms with Crippen LogP contribution in [0.5, 0.6) is 0 Å². The van der Waals surface area contributed by atoms with Crippen LogP contribution in [0, 0.1) is 0 Å². The maximum atomic E-state index is 9.89. The fourth-order valence-electron chi connectivity index (χ4n) is 1.20. The van der Waals surface area contributed by atoms with Gasteiger partial charge in [-0.25, -0.2) is 0 Å². The molecule has 0 aliphatic heterocycles. The third-order valence-electron chi connectivity index (χ3n) is 3.13. The van der Waals surface area contributed by atoms with E-state index in [0.29, 0.717) is 0 Å². The molecular weight excluding hydrogens is 214 g/mol. The zero-order chi connectivity index (χ0) is 13.1. The highest BCUT2D eigenvalue weighted by atomic mass is 16.4. The second-order valence-electron chi connectivity index (χ2n) is 4.72. The largest absolute Gasteiger partial charge is 0.394 e. The van der Waals surface area contributed by atoms with Crippen LogP contribution in [0.15, 0.2) is 0 Å². The third-order valence-corrected chi connectivity index (χ3v) is 3.13. The standard InChI is InChI=1S/C10H23NO5/c1-10(2,11(3)4)9(16)8(15)7(14)6(13)5-12/h6-9,12-16H,5H2,1-4H3/t6-,7-,8+,9-/m1/s1. The molecule has 6 nitrogen and oxygen atoms in total. The van der Waals surface area contributed by atoms with Gasteiger partial charge in [-0.2, -0.15) is 0 Å². The molecule has 0 amide bonds. The smallest absolute Gasteiger partial charge is 0.111 e. The molecule has 5 N–H and O–H groups in total. The van der Waals surface area contributed by atoms with Crippen molar-refractivity contribution in [1.82, 2.24) is 4.90 Å². The van der Waals surface area contributed by atoms with Crippen molar-refractivity contribution in [3.05, 3.63) is 0 Å². The summed E-state index contributed by atoms with van der Waals surface area (Å²) in [7, 11) is 3.45. The van der Waals surface area contributed by atoms with E-state index in [2.05, 4.69) is 0 Å². The molecule has 98 valence electrons. The van der Waals surface area contributed by atoms with Crippen LogP contribution in [0.3, 0.4) is 0 Å². The van der Waals surface area contributed by atoms with Crippen LogP contribution in [0.2, 0.25) is 0 Å². The molecule has 0 aliphatic rings. The van der Waals surface area contributed by atoms with Crippen LogP contribution in [-0.2, 0) is 0 Å². The van der Waals surface area contributed by atoms with Gasteiger partial charge in [0.2, 0.25) is 0 Å². The van der Waals surface area contributed by atoms with Gasteiger partial charge in [0.15, 0.2) is 0 Å². The molecule has 6 heteroatoms. The Bertz CT molecular complexity index is 209. The van der Waals surface area contributed by atoms with Crippen molar-refractivity contribution in [3.8, 4) is 0 Å². The van der Waals surface area contributed by atoms with E-state index in [0.717, 1.165) is 0 Å². The van der Waals surface area contributed by atoms with Crippen LogP contribution in [0.1, 0.15) is 13.8 Å². The Morgan fingerprint density at radius 2 is 1.44 bits per heavy atom. The predicted octanol–water partition coefficient (Wildman–Crippen LogP) is -2.24. The summed E-state index contributed by atoms with van der Waals surface area (Å²) in [5.41, 5.74) is -0.768. The highest BCUT2D eigenvalue weighted by Crippen LogP contribution is 2.21. The number of hydrogen-bond donors (Lipinski definition) is 5. The molecule has 4 atom stereocenters. The summed E-state index contributed by atoms with van der Waals surface area (Å²) in [6, 6.07) is 0. The lowest BCUT2D eigenvalue weighted by molar-refractivity contribution is -0.143. The Morgan fingerprint density at radius 1 is 1.00 bits per heavy atom. The average Bonchev–Trinajstić information content (AvgIpc) is 2.24. The van der Waals surface area contributed by atoms with Gasteiger partial charge in [0.05, 0.1) is 6.61 Å². The van der Waals surface area contributed by atoms with E-state index in [9.17, 15) is 15.3 Å². The average molecular weight is 237 g/mol. The molecular formula is C10H23NO5. The van der Waals surface area contributed by atoms with Crippen molar-refractivity contribution >= 4 is 0 Å². The van der Waals surface area contributed by atoms with Crippen molar-refractivity contribution < 1.29 is 25.5 Å². The maximum Gasteiger partial charge on any atom is 0.111 e. The van der Waals surface area contributed by atoms with Gasteiger partial charge >= 0.3 is 0 Å². The second-order valence-corrected chi connectivity index (χ2v) is 4.72. The summed E-state index contributed by atoms with van der Waals surface area (Å²) >= 11 is 0. The molecule has 0 aliphatic carbocycles. The van der Waals surface area contributed by atoms with Crippen LogP contribution in [0.4, 0.5) is 0 Å². The minimum absolute atomic E-state index is 0.673. The minimum Gasteiger partial charge on any atom is -0.394 e. The van der Waals surface area contributed by atoms with Gasteiger partial charge in [0, 0.05) is 5.54 Å². The summed E-state index contributed by atoms with van der Waals surface area (Å²) in [5.74, 6) is 0. The Hall–Kier alpha value is -0.240. The molecule has 0 spiro atoms. The summed E-state index contributed by atoms with van der Waals surface area (Å²) in [5, 5.41) is 46.8. The first-order chi connectivity index (χ1) is 7.16. The van der Waals surface area contributed by atoms with Gasteiger partial charge in [0.1, 0.15) is 24.4 Å². The van der Waals surface area contributed by atoms with E-state index >= 15 is 0 Å². The summed E-state index contributed by atoms with van der Waals surface area (Å²) in [6.45, 7) is 2.71. The van der Waals surface area contributed by atoms with Crippen molar-refractivity contribution in [2.75, 3.05) is 20.7 Å². The van der Waals surface area contributed by atoms with E-state index < -0.39 is 36.6 Å². The lowest BCUT2D eigenvalue weighted by Crippen LogP contribution is -2.58. The number of nitrogens with zero attached hydrogens (tertiary/aromatic N) is 1. The van der Waals surface area contributed by atoms with Gasteiger partial charge in [0.25, 0.3) is 0 Å². The summed E-state index contributed by atoms with van der Waals surface area (Å²) in [6.07, 6.45) is -5.83. The fourth-order valence-corrected chi connectivity index (χ4v) is 1.20. The summed E-state index contributed by atoms with van der Waals surface area (Å²) in [4.78, 5) is 1.69. The monoisotopic (exact) mass is 237 g/mol. The Morgan fingerprint density at radius 3 is 1.75 bits per heavy atom. The van der Waals surface area contributed by atoms with Crippen LogP contribution in [-0.4, -0.2) is 81.1 Å². The Kier molecular flexibility index (Phi) is 5.81. The lowest BCUT2D eigenvalue weighted by atomic mass is 9.88. The van der Waals surface area contributed by atoms with E-state index in [-0.39, 0.29) is 0 Å². The maximum absolute atomic E-state index is 9.89. The molecule has 0 radical (unpaired) electrons. The fraction of sp³-hybridized carbons (Fsp3) is 1.00. The van der Waals surface area contributed by atoms with Crippen LogP contribution in [0.25, 0.3) is 0 Å². The summed E-state index contributed by atoms with van der Waals surface area (Å²) < 4.78 is 0. The molecule has 0 saturated carbocycles. The van der Waals surface area contributed by atoms with E-state index in [1.165, 1.54) is 0 Å². The number of rotatable bonds is 6. The molecule has 0 aromatic rings. The normalized spacial score (nSPS) is 20.6. The lowest BCUT2D eigenvalue weighted by Gasteiger charge is -2.40. The Balaban J connectivity index is 4.66. The van der Waals surface area contributed by atoms with Gasteiger partial charge in [-0.3, -0.25) is 0 Å². The van der Waals surface area contributed by atoms with Gasteiger partial charge in [-0.15, -0.1) is 0 Å². The topological polar surface area (TPSA) is 104 Å². The molecule has 0 unspecified atom stereocenters. The molecule has 0 heterocycles. The zero-order valence-corrected chi connectivity index (χ0v) is 10.2. The second kappa shape index (κ2) is 5.90. The van der Waals surface area contributed by atoms with Crippen molar-refractivity contribution in [2.45, 2.75) is 43.8 Å². The zero-order valence-electron chi connectivity index (χ0n) is 10.2. The predicted molar refractivity (Wildman–Crippen MR) is 58.9 cm³/mol. The van der Waals surface area contributed by atoms with E-state index in [4.69, 9.17) is 10.2 Å². The third kappa shape index (κ3) is 3.38. The van der Waals surface area contributed by atoms with Crippen LogP contribution < -0.4 is 0 Å². The number of hydrogen-bond acceptors (Lipinski definition) is 6. The SMILES string of the molecule is CN(C)C(C)(C)[C@H](O)[C@@H](O)[C@H](O)[C@H](O)CO. The number of aliphatic hydroxyl groups is 5. The molecule has 16 heavy (non-hydrogen) atoms. The van der Waals surface area contributed by atoms with Crippen molar-refractivity contribution in [2.24, 2.45) is 0 Å². The highest BCUT2D eigenvalue weighted by Gasteiger charge is 2.40. The molecule has 0 aromatic heterocycles. The van der Waals surface area contributed by atoms with Crippen molar-refractivity contribution in [1.29, 1.82) is 0 Å². The molecule has 0 bridgehead atoms. The minimum atomic E-state index is -1.58. The molecule has 0 aromatic carbocycles. The first-order valence-corrected chi connectivity index (χ1v) is 5.16. The first-order valence-electron chi connectivity index (χ1n) is 5.16. The van der Waals surface area contributed by atoms with Gasteiger partial charge in [-0.1, -0.05) is 0 Å². The van der Waals surface area contributed by atoms with Crippen molar-refractivity contribution in [3.63, 3.8) is 0 Å². The van der Waals surface area contributed by atoms with E-state index in [1.54, 1.807) is 32.8 Å². The van der Waals surface area contributed by atoms with E-state index in [1.807, 2.05) is 0 Å². The molecule has 0 saturated heterocycles. The quantitative estimate of drug-likeness (QED) is 0.358. The van der Waals surface area contributed by atoms with Gasteiger partial charge < -0.3 is 30.4 Å². The first kappa shape index (κ1) is 15.8. The van der Waals surface area contributed by atoms with Gasteiger partial charge in [-0.05, 0) is 27.9 Å². The Labute approximate surface area is 95.8 Å². The number of likely N-dealkylation sites (N-methyl/N-ethyl adjacent to an activating group) is 1. The highest BCUT2D eigenvalue weighted by molar-refractivity contribution is 4.94. The molecule has 0 rings (SSSR count). The van der Waals surface area contributed by atoms with Crippen LogP contribution >= 0.6 is 0 Å². The number of aliphatic hydroxyl groups excluding tert-OH is 5. The molecule has 0 fully saturated rings.